The molecule has 0 aromatic heterocycles. The fraction of sp³-hybridized carbons (Fsp3) is 0.778. The number of methoxy groups -OCH3 is 1. The van der Waals surface area contributed by atoms with Crippen LogP contribution in [0, 0.1) is 0 Å². The fourth-order valence-corrected chi connectivity index (χ4v) is 0.685. The number of rotatable bonds is 1. The van der Waals surface area contributed by atoms with Gasteiger partial charge in [-0.1, -0.05) is 0 Å². The summed E-state index contributed by atoms with van der Waals surface area (Å²) in [4.78, 5) is 0. The van der Waals surface area contributed by atoms with Crippen LogP contribution in [0.5, 0.6) is 0 Å². The number of ether oxygens (including phenoxy) is 2. The Morgan fingerprint density at radius 3 is 2.25 bits per heavy atom. The largest absolute Gasteiger partial charge is 0.473 e. The first-order valence-corrected chi connectivity index (χ1v) is 7.96. The lowest BCUT2D eigenvalue weighted by Crippen LogP contribution is -2.13. The maximum absolute atomic E-state index is 5.02. The van der Waals surface area contributed by atoms with Gasteiger partial charge in [-0.25, -0.2) is 0 Å². The van der Waals surface area contributed by atoms with E-state index in [0.29, 0.717) is 0 Å². The van der Waals surface area contributed by atoms with Crippen molar-refractivity contribution in [1.29, 1.82) is 0 Å². The summed E-state index contributed by atoms with van der Waals surface area (Å²) in [6, 6.07) is 0. The molecule has 1 heterocycles. The predicted molar refractivity (Wildman–Crippen MR) is 53.6 cm³/mol. The van der Waals surface area contributed by atoms with Crippen molar-refractivity contribution in [2.24, 2.45) is 0 Å². The molecule has 70 valence electrons. The summed E-state index contributed by atoms with van der Waals surface area (Å²) in [5.74, 6) is 6.92. The molecule has 0 aromatic carbocycles. The van der Waals surface area contributed by atoms with Crippen molar-refractivity contribution in [3.63, 3.8) is 0 Å². The molecule has 1 aliphatic rings. The number of hydrogen-bond donors (Lipinski definition) is 0. The van der Waals surface area contributed by atoms with E-state index in [9.17, 15) is 0 Å². The first-order chi connectivity index (χ1) is 5.66. The fourth-order valence-electron chi connectivity index (χ4n) is 0.685. The van der Waals surface area contributed by atoms with Crippen LogP contribution in [-0.4, -0.2) is 27.5 Å². The molecule has 0 saturated heterocycles. The molecule has 2 nitrogen and oxygen atoms in total. The molecule has 0 aliphatic carbocycles. The highest BCUT2D eigenvalue weighted by molar-refractivity contribution is 6.54. The number of allylic oxidation sites excluding steroid dienone is 1. The molecule has 0 N–H and O–H groups in total. The van der Waals surface area contributed by atoms with Gasteiger partial charge in [-0.3, -0.25) is 0 Å². The molecule has 0 radical (unpaired) electrons. The zero-order chi connectivity index (χ0) is 9.40. The zero-order valence-corrected chi connectivity index (χ0v) is 9.69. The highest BCUT2D eigenvalue weighted by atomic mass is 27.2. The molecular weight excluding hydrogens is 167 g/mol. The summed E-state index contributed by atoms with van der Waals surface area (Å²) in [6.45, 7) is 0. The lowest BCUT2D eigenvalue weighted by atomic mass is 10.3. The van der Waals surface area contributed by atoms with Gasteiger partial charge >= 0.3 is 0 Å². The summed E-state index contributed by atoms with van der Waals surface area (Å²) < 4.78 is 9.94. The minimum Gasteiger partial charge on any atom is -0.473 e. The second-order valence-corrected chi connectivity index (χ2v) is 6.95. The second-order valence-electron chi connectivity index (χ2n) is 3.48. The SMILES string of the molecule is CO[C@@H]1CCC=CO1.[CH3][Al]([CH3])[CH3]. The molecule has 1 rings (SSSR count). The van der Waals surface area contributed by atoms with Gasteiger partial charge in [0.25, 0.3) is 14.1 Å². The Labute approximate surface area is 79.9 Å². The Morgan fingerprint density at radius 1 is 1.42 bits per heavy atom. The highest BCUT2D eigenvalue weighted by Crippen LogP contribution is 2.09. The molecule has 1 aliphatic heterocycles. The van der Waals surface area contributed by atoms with E-state index in [1.54, 1.807) is 13.4 Å². The first-order valence-electron chi connectivity index (χ1n) is 4.50. The van der Waals surface area contributed by atoms with Crippen molar-refractivity contribution in [3.8, 4) is 0 Å². The third-order valence-electron chi connectivity index (χ3n) is 1.16. The summed E-state index contributed by atoms with van der Waals surface area (Å²) in [7, 11) is 1.66. The van der Waals surface area contributed by atoms with Crippen LogP contribution >= 0.6 is 0 Å². The first kappa shape index (κ1) is 12.0. The van der Waals surface area contributed by atoms with Crippen molar-refractivity contribution in [1.82, 2.24) is 0 Å². The van der Waals surface area contributed by atoms with E-state index in [-0.39, 0.29) is 20.4 Å². The molecule has 3 heteroatoms. The Morgan fingerprint density at radius 2 is 2.00 bits per heavy atom. The van der Waals surface area contributed by atoms with Crippen LogP contribution in [0.1, 0.15) is 12.8 Å². The maximum atomic E-state index is 5.02. The molecular formula is C9H19AlO2. The minimum absolute atomic E-state index is 0.000000000000000222. The molecule has 0 amide bonds. The van der Waals surface area contributed by atoms with Gasteiger partial charge in [0.05, 0.1) is 6.26 Å². The third kappa shape index (κ3) is 8.13. The quantitative estimate of drug-likeness (QED) is 0.586. The van der Waals surface area contributed by atoms with E-state index >= 15 is 0 Å². The van der Waals surface area contributed by atoms with Gasteiger partial charge in [0, 0.05) is 13.5 Å². The lowest BCUT2D eigenvalue weighted by Gasteiger charge is -2.16. The summed E-state index contributed by atoms with van der Waals surface area (Å²) in [5, 5.41) is 0. The van der Waals surface area contributed by atoms with Gasteiger partial charge in [0.1, 0.15) is 0 Å². The molecule has 0 spiro atoms. The van der Waals surface area contributed by atoms with Gasteiger partial charge in [-0.05, 0) is 12.5 Å². The average molecular weight is 186 g/mol. The van der Waals surface area contributed by atoms with Crippen LogP contribution in [0.15, 0.2) is 12.3 Å². The Bertz CT molecular complexity index is 121. The molecule has 0 aromatic rings. The summed E-state index contributed by atoms with van der Waals surface area (Å²) in [5.41, 5.74) is 0. The van der Waals surface area contributed by atoms with E-state index in [1.807, 2.05) is 6.08 Å². The van der Waals surface area contributed by atoms with E-state index in [4.69, 9.17) is 9.47 Å². The topological polar surface area (TPSA) is 18.5 Å². The predicted octanol–water partition coefficient (Wildman–Crippen LogP) is 2.65. The van der Waals surface area contributed by atoms with Gasteiger partial charge in [0.15, 0.2) is 6.29 Å². The van der Waals surface area contributed by atoms with Crippen LogP contribution < -0.4 is 0 Å². The average Bonchev–Trinajstić information content (AvgIpc) is 2.05. The van der Waals surface area contributed by atoms with Crippen LogP contribution in [0.25, 0.3) is 0 Å². The number of hydrogen-bond acceptors (Lipinski definition) is 2. The summed E-state index contributed by atoms with van der Waals surface area (Å²) in [6.07, 6.45) is 5.73. The van der Waals surface area contributed by atoms with Crippen LogP contribution in [-0.2, 0) is 9.47 Å². The van der Waals surface area contributed by atoms with Crippen LogP contribution in [0.3, 0.4) is 0 Å². The van der Waals surface area contributed by atoms with Gasteiger partial charge in [0.2, 0.25) is 0 Å². The Hall–Kier alpha value is 0.0325. The Balaban J connectivity index is 0.000000261. The molecule has 1 atom stereocenters. The van der Waals surface area contributed by atoms with Crippen molar-refractivity contribution < 1.29 is 9.47 Å². The highest BCUT2D eigenvalue weighted by Gasteiger charge is 2.06. The maximum Gasteiger partial charge on any atom is 0.251 e. The van der Waals surface area contributed by atoms with Crippen LogP contribution in [0.2, 0.25) is 17.4 Å². The molecule has 0 fully saturated rings. The van der Waals surface area contributed by atoms with Crippen LogP contribution in [0.4, 0.5) is 0 Å². The third-order valence-corrected chi connectivity index (χ3v) is 1.16. The normalized spacial score (nSPS) is 20.5. The van der Waals surface area contributed by atoms with Crippen molar-refractivity contribution in [3.05, 3.63) is 12.3 Å². The molecule has 12 heavy (non-hydrogen) atoms. The van der Waals surface area contributed by atoms with E-state index in [1.165, 1.54) is 0 Å². The Kier molecular flexibility index (Phi) is 7.69. The standard InChI is InChI=1S/C6H10O2.3CH3.Al/c1-7-6-4-2-3-5-8-6;;;;/h3,5-6H,2,4H2,1H3;3*1H3;/t6-;;;;/m0..../s1. The van der Waals surface area contributed by atoms with Crippen molar-refractivity contribution >= 4 is 14.1 Å². The van der Waals surface area contributed by atoms with Gasteiger partial charge in [-0.2, -0.15) is 0 Å². The minimum atomic E-state index is -0.139. The summed E-state index contributed by atoms with van der Waals surface area (Å²) >= 11 is -0.139. The van der Waals surface area contributed by atoms with E-state index in [0.717, 1.165) is 12.8 Å². The van der Waals surface area contributed by atoms with Crippen molar-refractivity contribution in [2.75, 3.05) is 7.11 Å². The smallest absolute Gasteiger partial charge is 0.251 e. The molecule has 0 saturated carbocycles. The van der Waals surface area contributed by atoms with Gasteiger partial charge < -0.3 is 9.47 Å². The van der Waals surface area contributed by atoms with E-state index < -0.39 is 0 Å². The molecule has 0 bridgehead atoms. The van der Waals surface area contributed by atoms with E-state index in [2.05, 4.69) is 17.4 Å². The van der Waals surface area contributed by atoms with Crippen molar-refractivity contribution in [2.45, 2.75) is 36.5 Å². The monoisotopic (exact) mass is 186 g/mol. The zero-order valence-electron chi connectivity index (χ0n) is 8.54. The lowest BCUT2D eigenvalue weighted by molar-refractivity contribution is -0.0920. The molecule has 0 unspecified atom stereocenters. The van der Waals surface area contributed by atoms with Gasteiger partial charge in [-0.15, -0.1) is 17.4 Å². The second kappa shape index (κ2) is 7.67.